The summed E-state index contributed by atoms with van der Waals surface area (Å²) in [5.41, 5.74) is 0.277. The molecule has 104 valence electrons. The number of rotatable bonds is 5. The van der Waals surface area contributed by atoms with Crippen molar-refractivity contribution in [3.05, 3.63) is 39.4 Å². The van der Waals surface area contributed by atoms with E-state index < -0.39 is 10.5 Å². The molecule has 0 heterocycles. The number of hydrogen-bond donors (Lipinski definition) is 2. The molecule has 0 unspecified atom stereocenters. The SMILES string of the molecule is Cc1cc(C(=O)NC(C)(C)CCO)ccc1[N+](=O)[O-]. The van der Waals surface area contributed by atoms with E-state index in [-0.39, 0.29) is 18.2 Å². The van der Waals surface area contributed by atoms with Gasteiger partial charge in [-0.25, -0.2) is 0 Å². The number of hydrogen-bond acceptors (Lipinski definition) is 4. The molecule has 6 heteroatoms. The van der Waals surface area contributed by atoms with Crippen LogP contribution in [-0.4, -0.2) is 28.1 Å². The average Bonchev–Trinajstić information content (AvgIpc) is 2.27. The van der Waals surface area contributed by atoms with E-state index in [1.807, 2.05) is 0 Å². The van der Waals surface area contributed by atoms with E-state index in [1.54, 1.807) is 20.8 Å². The first-order chi connectivity index (χ1) is 8.76. The predicted molar refractivity (Wildman–Crippen MR) is 71.1 cm³/mol. The fourth-order valence-corrected chi connectivity index (χ4v) is 1.72. The minimum atomic E-state index is -0.526. The smallest absolute Gasteiger partial charge is 0.272 e. The van der Waals surface area contributed by atoms with Crippen LogP contribution in [0, 0.1) is 17.0 Å². The van der Waals surface area contributed by atoms with Crippen LogP contribution in [0.15, 0.2) is 18.2 Å². The number of nitro benzene ring substituents is 1. The number of aliphatic hydroxyl groups is 1. The molecule has 1 rings (SSSR count). The number of carbonyl (C=O) groups excluding carboxylic acids is 1. The van der Waals surface area contributed by atoms with Crippen LogP contribution >= 0.6 is 0 Å². The van der Waals surface area contributed by atoms with Crippen molar-refractivity contribution >= 4 is 11.6 Å². The zero-order valence-electron chi connectivity index (χ0n) is 11.3. The number of nitrogens with zero attached hydrogens (tertiary/aromatic N) is 1. The van der Waals surface area contributed by atoms with Gasteiger partial charge < -0.3 is 10.4 Å². The highest BCUT2D eigenvalue weighted by atomic mass is 16.6. The van der Waals surface area contributed by atoms with Crippen LogP contribution in [0.4, 0.5) is 5.69 Å². The minimum Gasteiger partial charge on any atom is -0.396 e. The normalized spacial score (nSPS) is 11.2. The van der Waals surface area contributed by atoms with Crippen molar-refractivity contribution in [2.45, 2.75) is 32.7 Å². The van der Waals surface area contributed by atoms with Crippen LogP contribution in [0.5, 0.6) is 0 Å². The Morgan fingerprint density at radius 2 is 2.11 bits per heavy atom. The fourth-order valence-electron chi connectivity index (χ4n) is 1.72. The Bertz CT molecular complexity index is 497. The zero-order chi connectivity index (χ0) is 14.6. The van der Waals surface area contributed by atoms with Crippen LogP contribution in [-0.2, 0) is 0 Å². The molecule has 1 amide bonds. The first-order valence-electron chi connectivity index (χ1n) is 5.95. The molecule has 0 saturated heterocycles. The second kappa shape index (κ2) is 5.79. The van der Waals surface area contributed by atoms with Gasteiger partial charge in [0, 0.05) is 29.3 Å². The molecule has 2 N–H and O–H groups in total. The molecular weight excluding hydrogens is 248 g/mol. The summed E-state index contributed by atoms with van der Waals surface area (Å²) in [6, 6.07) is 4.24. The molecule has 0 aliphatic rings. The molecule has 1 aromatic rings. The third kappa shape index (κ3) is 4.03. The van der Waals surface area contributed by atoms with E-state index in [1.165, 1.54) is 18.2 Å². The van der Waals surface area contributed by atoms with Gasteiger partial charge in [-0.3, -0.25) is 14.9 Å². The number of aryl methyl sites for hydroxylation is 1. The quantitative estimate of drug-likeness (QED) is 0.627. The molecular formula is C13H18N2O4. The van der Waals surface area contributed by atoms with Crippen LogP contribution in [0.1, 0.15) is 36.2 Å². The summed E-state index contributed by atoms with van der Waals surface area (Å²) in [6.07, 6.45) is 0.435. The standard InChI is InChI=1S/C13H18N2O4/c1-9-8-10(4-5-11(9)15(18)19)12(17)14-13(2,3)6-7-16/h4-5,8,16H,6-7H2,1-3H3,(H,14,17). The molecule has 0 fully saturated rings. The van der Waals surface area contributed by atoms with Gasteiger partial charge in [0.25, 0.3) is 11.6 Å². The maximum Gasteiger partial charge on any atom is 0.272 e. The lowest BCUT2D eigenvalue weighted by molar-refractivity contribution is -0.385. The van der Waals surface area contributed by atoms with Gasteiger partial charge >= 0.3 is 0 Å². The fraction of sp³-hybridized carbons (Fsp3) is 0.462. The molecule has 0 spiro atoms. The minimum absolute atomic E-state index is 0.00818. The van der Waals surface area contributed by atoms with Gasteiger partial charge in [-0.1, -0.05) is 0 Å². The average molecular weight is 266 g/mol. The number of benzene rings is 1. The van der Waals surface area contributed by atoms with E-state index >= 15 is 0 Å². The third-order valence-corrected chi connectivity index (χ3v) is 2.84. The molecule has 1 aromatic carbocycles. The first kappa shape index (κ1) is 15.1. The molecule has 0 bridgehead atoms. The predicted octanol–water partition coefficient (Wildman–Crippen LogP) is 1.79. The number of nitro groups is 1. The van der Waals surface area contributed by atoms with Crippen molar-refractivity contribution < 1.29 is 14.8 Å². The van der Waals surface area contributed by atoms with Gasteiger partial charge in [0.05, 0.1) is 4.92 Å². The summed E-state index contributed by atoms with van der Waals surface area (Å²) in [4.78, 5) is 22.2. The first-order valence-corrected chi connectivity index (χ1v) is 5.95. The second-order valence-corrected chi connectivity index (χ2v) is 5.07. The zero-order valence-corrected chi connectivity index (χ0v) is 11.3. The molecule has 0 radical (unpaired) electrons. The highest BCUT2D eigenvalue weighted by molar-refractivity contribution is 5.95. The molecule has 0 saturated carbocycles. The Hall–Kier alpha value is -1.95. The number of amides is 1. The van der Waals surface area contributed by atoms with E-state index in [9.17, 15) is 14.9 Å². The van der Waals surface area contributed by atoms with Gasteiger partial charge in [0.2, 0.25) is 0 Å². The molecule has 0 aliphatic heterocycles. The summed E-state index contributed by atoms with van der Waals surface area (Å²) >= 11 is 0. The topological polar surface area (TPSA) is 92.5 Å². The number of carbonyl (C=O) groups is 1. The monoisotopic (exact) mass is 266 g/mol. The number of aliphatic hydroxyl groups excluding tert-OH is 1. The van der Waals surface area contributed by atoms with Gasteiger partial charge in [0.1, 0.15) is 0 Å². The van der Waals surface area contributed by atoms with Crippen LogP contribution in [0.3, 0.4) is 0 Å². The van der Waals surface area contributed by atoms with Gasteiger partial charge in [-0.15, -0.1) is 0 Å². The van der Waals surface area contributed by atoms with Gasteiger partial charge in [-0.2, -0.15) is 0 Å². The van der Waals surface area contributed by atoms with E-state index in [4.69, 9.17) is 5.11 Å². The Morgan fingerprint density at radius 1 is 1.47 bits per heavy atom. The second-order valence-electron chi connectivity index (χ2n) is 5.07. The highest BCUT2D eigenvalue weighted by Crippen LogP contribution is 2.19. The van der Waals surface area contributed by atoms with Crippen LogP contribution < -0.4 is 5.32 Å². The molecule has 0 aromatic heterocycles. The van der Waals surface area contributed by atoms with Gasteiger partial charge in [-0.05, 0) is 39.3 Å². The summed E-state index contributed by atoms with van der Waals surface area (Å²) in [5, 5.41) is 22.4. The highest BCUT2D eigenvalue weighted by Gasteiger charge is 2.21. The summed E-state index contributed by atoms with van der Waals surface area (Å²) in [5.74, 6) is -0.309. The Kier molecular flexibility index (Phi) is 4.61. The Labute approximate surface area is 111 Å². The summed E-state index contributed by atoms with van der Waals surface area (Å²) in [6.45, 7) is 5.18. The lowest BCUT2D eigenvalue weighted by Gasteiger charge is -2.25. The largest absolute Gasteiger partial charge is 0.396 e. The lowest BCUT2D eigenvalue weighted by Crippen LogP contribution is -2.44. The van der Waals surface area contributed by atoms with E-state index in [2.05, 4.69) is 5.32 Å². The molecule has 0 aliphatic carbocycles. The van der Waals surface area contributed by atoms with Crippen molar-refractivity contribution in [1.29, 1.82) is 0 Å². The van der Waals surface area contributed by atoms with Crippen molar-refractivity contribution in [3.63, 3.8) is 0 Å². The molecule has 19 heavy (non-hydrogen) atoms. The molecule has 6 nitrogen and oxygen atoms in total. The Morgan fingerprint density at radius 3 is 2.58 bits per heavy atom. The summed E-state index contributed by atoms with van der Waals surface area (Å²) < 4.78 is 0. The van der Waals surface area contributed by atoms with E-state index in [0.717, 1.165) is 0 Å². The third-order valence-electron chi connectivity index (χ3n) is 2.84. The van der Waals surface area contributed by atoms with Crippen LogP contribution in [0.25, 0.3) is 0 Å². The maximum atomic E-state index is 12.0. The summed E-state index contributed by atoms with van der Waals surface area (Å²) in [7, 11) is 0. The number of nitrogens with one attached hydrogen (secondary N) is 1. The van der Waals surface area contributed by atoms with Gasteiger partial charge in [0.15, 0.2) is 0 Å². The lowest BCUT2D eigenvalue weighted by atomic mass is 10.00. The van der Waals surface area contributed by atoms with E-state index in [0.29, 0.717) is 17.5 Å². The van der Waals surface area contributed by atoms with Crippen molar-refractivity contribution in [1.82, 2.24) is 5.32 Å². The van der Waals surface area contributed by atoms with Crippen molar-refractivity contribution in [2.75, 3.05) is 6.61 Å². The maximum absolute atomic E-state index is 12.0. The molecule has 0 atom stereocenters. The van der Waals surface area contributed by atoms with Crippen molar-refractivity contribution in [3.8, 4) is 0 Å². The Balaban J connectivity index is 2.90. The van der Waals surface area contributed by atoms with Crippen molar-refractivity contribution in [2.24, 2.45) is 0 Å². The van der Waals surface area contributed by atoms with Crippen LogP contribution in [0.2, 0.25) is 0 Å².